The quantitative estimate of drug-likeness (QED) is 0.879. The third kappa shape index (κ3) is 2.70. The maximum Gasteiger partial charge on any atom is 0.159 e. The van der Waals surface area contributed by atoms with Crippen molar-refractivity contribution in [1.29, 1.82) is 0 Å². The summed E-state index contributed by atoms with van der Waals surface area (Å²) in [6.07, 6.45) is 3.32. The Balaban J connectivity index is 2.33. The third-order valence-electron chi connectivity index (χ3n) is 3.85. The zero-order valence-corrected chi connectivity index (χ0v) is 10.7. The van der Waals surface area contributed by atoms with Crippen LogP contribution in [0.5, 0.6) is 0 Å². The van der Waals surface area contributed by atoms with Gasteiger partial charge in [0.2, 0.25) is 0 Å². The number of hydrogen-bond donors (Lipinski definition) is 1. The number of rotatable bonds is 2. The van der Waals surface area contributed by atoms with Gasteiger partial charge >= 0.3 is 0 Å². The summed E-state index contributed by atoms with van der Waals surface area (Å²) in [6, 6.07) is 4.28. The third-order valence-corrected chi connectivity index (χ3v) is 3.85. The summed E-state index contributed by atoms with van der Waals surface area (Å²) in [6.45, 7) is 1.55. The molecule has 1 aromatic rings. The van der Waals surface area contributed by atoms with Crippen LogP contribution in [0.15, 0.2) is 18.2 Å². The highest BCUT2D eigenvalue weighted by Crippen LogP contribution is 2.34. The average Bonchev–Trinajstić information content (AvgIpc) is 2.54. The standard InChI is InChI=1S/C14H20F2N2/c1-18-7-3-2-4-11(9-17)14(18)10-5-6-12(15)13(16)8-10/h5-6,8,11,14H,2-4,7,9,17H2,1H3. The molecule has 100 valence electrons. The van der Waals surface area contributed by atoms with Crippen LogP contribution in [0.4, 0.5) is 8.78 Å². The lowest BCUT2D eigenvalue weighted by molar-refractivity contribution is 0.195. The van der Waals surface area contributed by atoms with Crippen molar-refractivity contribution in [2.75, 3.05) is 20.1 Å². The van der Waals surface area contributed by atoms with Gasteiger partial charge in [0.1, 0.15) is 0 Å². The van der Waals surface area contributed by atoms with Crippen LogP contribution >= 0.6 is 0 Å². The number of benzene rings is 1. The molecule has 1 aromatic carbocycles. The monoisotopic (exact) mass is 254 g/mol. The zero-order valence-electron chi connectivity index (χ0n) is 10.7. The summed E-state index contributed by atoms with van der Waals surface area (Å²) in [5.41, 5.74) is 6.66. The molecule has 0 aliphatic carbocycles. The van der Waals surface area contributed by atoms with Crippen LogP contribution in [0.1, 0.15) is 30.9 Å². The van der Waals surface area contributed by atoms with Gasteiger partial charge in [0.15, 0.2) is 11.6 Å². The molecular formula is C14H20F2N2. The summed E-state index contributed by atoms with van der Waals surface area (Å²) in [4.78, 5) is 2.21. The number of hydrogen-bond acceptors (Lipinski definition) is 2. The molecule has 2 unspecified atom stereocenters. The van der Waals surface area contributed by atoms with Gasteiger partial charge in [-0.1, -0.05) is 12.5 Å². The molecule has 0 bridgehead atoms. The van der Waals surface area contributed by atoms with Crippen LogP contribution in [0, 0.1) is 17.6 Å². The van der Waals surface area contributed by atoms with E-state index in [1.807, 2.05) is 7.05 Å². The molecule has 0 spiro atoms. The van der Waals surface area contributed by atoms with E-state index >= 15 is 0 Å². The van der Waals surface area contributed by atoms with E-state index < -0.39 is 11.6 Å². The zero-order chi connectivity index (χ0) is 13.1. The molecule has 0 aromatic heterocycles. The first-order chi connectivity index (χ1) is 8.63. The van der Waals surface area contributed by atoms with E-state index in [0.29, 0.717) is 12.5 Å². The van der Waals surface area contributed by atoms with Crippen LogP contribution in [0.25, 0.3) is 0 Å². The fraction of sp³-hybridized carbons (Fsp3) is 0.571. The van der Waals surface area contributed by atoms with Crippen molar-refractivity contribution in [2.24, 2.45) is 11.7 Å². The van der Waals surface area contributed by atoms with Crippen molar-refractivity contribution in [1.82, 2.24) is 4.90 Å². The lowest BCUT2D eigenvalue weighted by Gasteiger charge is -2.32. The van der Waals surface area contributed by atoms with Gasteiger partial charge in [0.05, 0.1) is 0 Å². The van der Waals surface area contributed by atoms with Crippen LogP contribution in [-0.2, 0) is 0 Å². The SMILES string of the molecule is CN1CCCCC(CN)C1c1ccc(F)c(F)c1. The molecule has 0 saturated carbocycles. The van der Waals surface area contributed by atoms with Crippen LogP contribution < -0.4 is 5.73 Å². The highest BCUT2D eigenvalue weighted by molar-refractivity contribution is 5.22. The fourth-order valence-electron chi connectivity index (χ4n) is 2.89. The molecule has 18 heavy (non-hydrogen) atoms. The Morgan fingerprint density at radius 3 is 2.72 bits per heavy atom. The average molecular weight is 254 g/mol. The summed E-state index contributed by atoms with van der Waals surface area (Å²) < 4.78 is 26.4. The molecular weight excluding hydrogens is 234 g/mol. The topological polar surface area (TPSA) is 29.3 Å². The molecule has 2 nitrogen and oxygen atoms in total. The molecule has 4 heteroatoms. The Hall–Kier alpha value is -1.00. The van der Waals surface area contributed by atoms with Crippen molar-refractivity contribution in [3.8, 4) is 0 Å². The first-order valence-corrected chi connectivity index (χ1v) is 6.48. The summed E-state index contributed by atoms with van der Waals surface area (Å²) in [7, 11) is 2.03. The first-order valence-electron chi connectivity index (χ1n) is 6.48. The second-order valence-corrected chi connectivity index (χ2v) is 5.09. The van der Waals surface area contributed by atoms with Crippen molar-refractivity contribution in [3.05, 3.63) is 35.4 Å². The Labute approximate surface area is 107 Å². The van der Waals surface area contributed by atoms with Crippen LogP contribution in [-0.4, -0.2) is 25.0 Å². The second kappa shape index (κ2) is 5.76. The van der Waals surface area contributed by atoms with Crippen LogP contribution in [0.3, 0.4) is 0 Å². The fourth-order valence-corrected chi connectivity index (χ4v) is 2.89. The summed E-state index contributed by atoms with van der Waals surface area (Å²) in [5.74, 6) is -1.26. The molecule has 2 rings (SSSR count). The summed E-state index contributed by atoms with van der Waals surface area (Å²) in [5, 5.41) is 0. The van der Waals surface area contributed by atoms with E-state index in [1.165, 1.54) is 12.1 Å². The normalized spacial score (nSPS) is 26.0. The Morgan fingerprint density at radius 1 is 1.28 bits per heavy atom. The molecule has 2 N–H and O–H groups in total. The molecule has 1 aliphatic rings. The predicted octanol–water partition coefficient (Wildman–Crippen LogP) is 2.70. The van der Waals surface area contributed by atoms with E-state index in [0.717, 1.165) is 31.4 Å². The van der Waals surface area contributed by atoms with Crippen molar-refractivity contribution in [2.45, 2.75) is 25.3 Å². The van der Waals surface area contributed by atoms with Gasteiger partial charge < -0.3 is 5.73 Å². The first kappa shape index (κ1) is 13.4. The Morgan fingerprint density at radius 2 is 2.06 bits per heavy atom. The number of likely N-dealkylation sites (tertiary alicyclic amines) is 1. The van der Waals surface area contributed by atoms with Gasteiger partial charge in [-0.15, -0.1) is 0 Å². The molecule has 0 amide bonds. The number of nitrogens with two attached hydrogens (primary N) is 1. The smallest absolute Gasteiger partial charge is 0.159 e. The van der Waals surface area contributed by atoms with Gasteiger partial charge in [0, 0.05) is 6.04 Å². The Kier molecular flexibility index (Phi) is 4.30. The van der Waals surface area contributed by atoms with Crippen molar-refractivity contribution < 1.29 is 8.78 Å². The van der Waals surface area contributed by atoms with Crippen molar-refractivity contribution >= 4 is 0 Å². The van der Waals surface area contributed by atoms with E-state index in [2.05, 4.69) is 4.90 Å². The van der Waals surface area contributed by atoms with E-state index in [1.54, 1.807) is 6.07 Å². The molecule has 1 heterocycles. The van der Waals surface area contributed by atoms with Gasteiger partial charge in [-0.3, -0.25) is 4.90 Å². The maximum atomic E-state index is 13.4. The molecule has 0 radical (unpaired) electrons. The van der Waals surface area contributed by atoms with Crippen molar-refractivity contribution in [3.63, 3.8) is 0 Å². The molecule has 1 fully saturated rings. The number of nitrogens with zero attached hydrogens (tertiary/aromatic N) is 1. The van der Waals surface area contributed by atoms with Crippen LogP contribution in [0.2, 0.25) is 0 Å². The summed E-state index contributed by atoms with van der Waals surface area (Å²) >= 11 is 0. The van der Waals surface area contributed by atoms with E-state index in [4.69, 9.17) is 5.73 Å². The predicted molar refractivity (Wildman–Crippen MR) is 68.1 cm³/mol. The van der Waals surface area contributed by atoms with Gasteiger partial charge in [-0.25, -0.2) is 8.78 Å². The van der Waals surface area contributed by atoms with Gasteiger partial charge in [0.25, 0.3) is 0 Å². The highest BCUT2D eigenvalue weighted by Gasteiger charge is 2.28. The minimum absolute atomic E-state index is 0.0904. The maximum absolute atomic E-state index is 13.4. The van der Waals surface area contributed by atoms with E-state index in [9.17, 15) is 8.78 Å². The van der Waals surface area contributed by atoms with E-state index in [-0.39, 0.29) is 6.04 Å². The molecule has 2 atom stereocenters. The minimum atomic E-state index is -0.792. The number of halogens is 2. The minimum Gasteiger partial charge on any atom is -0.330 e. The molecule has 1 aliphatic heterocycles. The lowest BCUT2D eigenvalue weighted by Crippen LogP contribution is -2.33. The Bertz CT molecular complexity index is 409. The molecule has 1 saturated heterocycles. The van der Waals surface area contributed by atoms with Gasteiger partial charge in [-0.2, -0.15) is 0 Å². The lowest BCUT2D eigenvalue weighted by atomic mass is 9.89. The largest absolute Gasteiger partial charge is 0.330 e. The van der Waals surface area contributed by atoms with Gasteiger partial charge in [-0.05, 0) is 56.6 Å². The second-order valence-electron chi connectivity index (χ2n) is 5.09. The highest BCUT2D eigenvalue weighted by atomic mass is 19.2.